The number of nitrogens with one attached hydrogen (secondary N) is 2. The lowest BCUT2D eigenvalue weighted by atomic mass is 10.1. The number of rotatable bonds is 1. The topological polar surface area (TPSA) is 36.4 Å². The van der Waals surface area contributed by atoms with Gasteiger partial charge in [0, 0.05) is 24.9 Å². The van der Waals surface area contributed by atoms with Crippen molar-refractivity contribution in [2.75, 3.05) is 25.4 Å². The molecule has 74 valence electrons. The smallest absolute Gasteiger partial charge is 0.156 e. The lowest BCUT2D eigenvalue weighted by molar-refractivity contribution is 0.432. The van der Waals surface area contributed by atoms with Crippen molar-refractivity contribution in [3.8, 4) is 0 Å². The van der Waals surface area contributed by atoms with E-state index in [1.165, 1.54) is 36.7 Å². The first-order valence-corrected chi connectivity index (χ1v) is 6.08. The van der Waals surface area contributed by atoms with Crippen LogP contribution < -0.4 is 10.6 Å². The van der Waals surface area contributed by atoms with Crippen LogP contribution in [0.3, 0.4) is 0 Å². The average molecular weight is 199 g/mol. The van der Waals surface area contributed by atoms with E-state index in [9.17, 15) is 0 Å². The number of aliphatic imine (C=N–C) groups is 1. The van der Waals surface area contributed by atoms with Crippen molar-refractivity contribution >= 4 is 16.9 Å². The first kappa shape index (κ1) is 9.34. The monoisotopic (exact) mass is 199 g/mol. The van der Waals surface area contributed by atoms with Crippen LogP contribution in [-0.4, -0.2) is 36.6 Å². The molecular formula is C9H17N3S. The number of hydrogen-bond acceptors (Lipinski definition) is 4. The molecule has 0 aromatic rings. The van der Waals surface area contributed by atoms with E-state index in [1.807, 2.05) is 11.8 Å². The van der Waals surface area contributed by atoms with Crippen molar-refractivity contribution in [1.29, 1.82) is 0 Å². The first-order chi connectivity index (χ1) is 6.45. The van der Waals surface area contributed by atoms with Gasteiger partial charge in [-0.05, 0) is 25.8 Å². The Kier molecular flexibility index (Phi) is 3.49. The highest BCUT2D eigenvalue weighted by Gasteiger charge is 2.15. The Hall–Kier alpha value is -0.220. The Morgan fingerprint density at radius 2 is 2.46 bits per heavy atom. The summed E-state index contributed by atoms with van der Waals surface area (Å²) < 4.78 is 0. The highest BCUT2D eigenvalue weighted by molar-refractivity contribution is 8.13. The van der Waals surface area contributed by atoms with E-state index in [2.05, 4.69) is 15.6 Å². The predicted octanol–water partition coefficient (Wildman–Crippen LogP) is 0.821. The standard InChI is InChI=1S/C9H17N3S/c1-3-8(7-10-4-1)12-9-11-5-2-6-13-9/h8,10H,1-7H2,(H,11,12). The van der Waals surface area contributed by atoms with Gasteiger partial charge in [-0.25, -0.2) is 0 Å². The molecule has 0 amide bonds. The fourth-order valence-electron chi connectivity index (χ4n) is 1.70. The van der Waals surface area contributed by atoms with Crippen molar-refractivity contribution in [3.63, 3.8) is 0 Å². The molecule has 1 fully saturated rings. The lowest BCUT2D eigenvalue weighted by Crippen LogP contribution is -2.45. The summed E-state index contributed by atoms with van der Waals surface area (Å²) in [5, 5.41) is 8.07. The Balaban J connectivity index is 1.78. The zero-order chi connectivity index (χ0) is 8.93. The van der Waals surface area contributed by atoms with Crippen LogP contribution in [-0.2, 0) is 0 Å². The van der Waals surface area contributed by atoms with Gasteiger partial charge < -0.3 is 10.6 Å². The number of amidine groups is 1. The van der Waals surface area contributed by atoms with Gasteiger partial charge in [-0.3, -0.25) is 4.99 Å². The number of thioether (sulfide) groups is 1. The average Bonchev–Trinajstić information content (AvgIpc) is 2.21. The summed E-state index contributed by atoms with van der Waals surface area (Å²) in [5.74, 6) is 1.23. The van der Waals surface area contributed by atoms with Gasteiger partial charge in [-0.2, -0.15) is 0 Å². The SMILES string of the molecule is C1CN=C(NC2CCCNC2)SC1. The molecule has 1 atom stereocenters. The van der Waals surface area contributed by atoms with E-state index in [0.29, 0.717) is 6.04 Å². The van der Waals surface area contributed by atoms with Crippen molar-refractivity contribution in [3.05, 3.63) is 0 Å². The third kappa shape index (κ3) is 2.88. The fraction of sp³-hybridized carbons (Fsp3) is 0.889. The molecule has 2 aliphatic heterocycles. The van der Waals surface area contributed by atoms with Crippen LogP contribution in [0.4, 0.5) is 0 Å². The van der Waals surface area contributed by atoms with E-state index in [4.69, 9.17) is 0 Å². The minimum Gasteiger partial charge on any atom is -0.361 e. The molecule has 0 saturated carbocycles. The van der Waals surface area contributed by atoms with E-state index < -0.39 is 0 Å². The highest BCUT2D eigenvalue weighted by Crippen LogP contribution is 2.12. The molecule has 13 heavy (non-hydrogen) atoms. The zero-order valence-electron chi connectivity index (χ0n) is 7.88. The van der Waals surface area contributed by atoms with Gasteiger partial charge in [0.1, 0.15) is 0 Å². The molecule has 1 unspecified atom stereocenters. The van der Waals surface area contributed by atoms with Crippen LogP contribution in [0, 0.1) is 0 Å². The van der Waals surface area contributed by atoms with Gasteiger partial charge in [-0.15, -0.1) is 0 Å². The highest BCUT2D eigenvalue weighted by atomic mass is 32.2. The van der Waals surface area contributed by atoms with Crippen molar-refractivity contribution in [2.45, 2.75) is 25.3 Å². The Labute approximate surface area is 83.8 Å². The maximum Gasteiger partial charge on any atom is 0.156 e. The molecule has 4 heteroatoms. The Morgan fingerprint density at radius 3 is 3.15 bits per heavy atom. The van der Waals surface area contributed by atoms with Crippen molar-refractivity contribution < 1.29 is 0 Å². The fourth-order valence-corrected chi connectivity index (χ4v) is 2.60. The molecule has 2 heterocycles. The van der Waals surface area contributed by atoms with Gasteiger partial charge >= 0.3 is 0 Å². The largest absolute Gasteiger partial charge is 0.361 e. The number of nitrogens with zero attached hydrogens (tertiary/aromatic N) is 1. The quantitative estimate of drug-likeness (QED) is 0.656. The van der Waals surface area contributed by atoms with Crippen molar-refractivity contribution in [2.24, 2.45) is 4.99 Å². The van der Waals surface area contributed by atoms with Crippen LogP contribution >= 0.6 is 11.8 Å². The Morgan fingerprint density at radius 1 is 1.46 bits per heavy atom. The molecule has 0 spiro atoms. The molecule has 2 rings (SSSR count). The second-order valence-electron chi connectivity index (χ2n) is 3.58. The van der Waals surface area contributed by atoms with E-state index in [0.717, 1.165) is 13.1 Å². The minimum absolute atomic E-state index is 0.609. The van der Waals surface area contributed by atoms with E-state index in [-0.39, 0.29) is 0 Å². The van der Waals surface area contributed by atoms with Gasteiger partial charge in [0.05, 0.1) is 0 Å². The molecule has 0 bridgehead atoms. The summed E-state index contributed by atoms with van der Waals surface area (Å²) in [6.45, 7) is 3.28. The van der Waals surface area contributed by atoms with Crippen LogP contribution in [0.25, 0.3) is 0 Å². The molecule has 0 aliphatic carbocycles. The second kappa shape index (κ2) is 4.86. The third-order valence-electron chi connectivity index (χ3n) is 2.42. The molecule has 0 radical (unpaired) electrons. The van der Waals surface area contributed by atoms with Crippen molar-refractivity contribution in [1.82, 2.24) is 10.6 Å². The molecule has 2 aliphatic rings. The summed E-state index contributed by atoms with van der Waals surface area (Å²) in [4.78, 5) is 4.46. The second-order valence-corrected chi connectivity index (χ2v) is 4.66. The van der Waals surface area contributed by atoms with Crippen LogP contribution in [0.15, 0.2) is 4.99 Å². The Bertz CT molecular complexity index is 187. The van der Waals surface area contributed by atoms with Gasteiger partial charge in [0.2, 0.25) is 0 Å². The first-order valence-electron chi connectivity index (χ1n) is 5.09. The maximum atomic E-state index is 4.46. The van der Waals surface area contributed by atoms with Crippen LogP contribution in [0.2, 0.25) is 0 Å². The summed E-state index contributed by atoms with van der Waals surface area (Å²) >= 11 is 1.87. The van der Waals surface area contributed by atoms with E-state index in [1.54, 1.807) is 0 Å². The molecule has 0 aromatic carbocycles. The molecule has 2 N–H and O–H groups in total. The summed E-state index contributed by atoms with van der Waals surface area (Å²) in [6.07, 6.45) is 3.81. The molecule has 3 nitrogen and oxygen atoms in total. The summed E-state index contributed by atoms with van der Waals surface area (Å²) in [6, 6.07) is 0.609. The summed E-state index contributed by atoms with van der Waals surface area (Å²) in [7, 11) is 0. The van der Waals surface area contributed by atoms with Gasteiger partial charge in [0.25, 0.3) is 0 Å². The molecule has 1 saturated heterocycles. The maximum absolute atomic E-state index is 4.46. The lowest BCUT2D eigenvalue weighted by Gasteiger charge is -2.26. The van der Waals surface area contributed by atoms with Gasteiger partial charge in [-0.1, -0.05) is 11.8 Å². The number of piperidine rings is 1. The third-order valence-corrected chi connectivity index (χ3v) is 3.43. The van der Waals surface area contributed by atoms with Crippen LogP contribution in [0.1, 0.15) is 19.3 Å². The predicted molar refractivity (Wildman–Crippen MR) is 58.4 cm³/mol. The minimum atomic E-state index is 0.609. The zero-order valence-corrected chi connectivity index (χ0v) is 8.70. The van der Waals surface area contributed by atoms with Gasteiger partial charge in [0.15, 0.2) is 5.17 Å². The summed E-state index contributed by atoms with van der Waals surface area (Å²) in [5.41, 5.74) is 0. The normalized spacial score (nSPS) is 29.5. The van der Waals surface area contributed by atoms with Crippen LogP contribution in [0.5, 0.6) is 0 Å². The molecular weight excluding hydrogens is 182 g/mol. The van der Waals surface area contributed by atoms with E-state index >= 15 is 0 Å². The molecule has 0 aromatic heterocycles. The number of hydrogen-bond donors (Lipinski definition) is 2.